The summed E-state index contributed by atoms with van der Waals surface area (Å²) in [6.07, 6.45) is 1.97. The maximum Gasteiger partial charge on any atom is 0.325 e. The number of carbonyl (C=O) groups is 2. The summed E-state index contributed by atoms with van der Waals surface area (Å²) in [6.45, 7) is 1.64. The van der Waals surface area contributed by atoms with E-state index in [1.165, 1.54) is 13.4 Å². The molecule has 0 fully saturated rings. The lowest BCUT2D eigenvalue weighted by Gasteiger charge is -2.01. The topological polar surface area (TPSA) is 107 Å². The number of aryl methyl sites for hydroxylation is 2. The molecule has 2 rings (SSSR count). The zero-order chi connectivity index (χ0) is 15.2. The van der Waals surface area contributed by atoms with Gasteiger partial charge in [-0.1, -0.05) is 0 Å². The fraction of sp³-hybridized carbons (Fsp3) is 0.385. The number of aromatic nitrogens is 2. The molecule has 0 atom stereocenters. The summed E-state index contributed by atoms with van der Waals surface area (Å²) >= 11 is 0. The fourth-order valence-corrected chi connectivity index (χ4v) is 1.62. The van der Waals surface area contributed by atoms with Crippen molar-refractivity contribution in [1.29, 1.82) is 0 Å². The van der Waals surface area contributed by atoms with Crippen LogP contribution in [0.3, 0.4) is 0 Å². The highest BCUT2D eigenvalue weighted by Crippen LogP contribution is 2.22. The van der Waals surface area contributed by atoms with Crippen LogP contribution in [0, 0.1) is 6.92 Å². The van der Waals surface area contributed by atoms with Crippen LogP contribution in [0.2, 0.25) is 0 Å². The fourth-order valence-electron chi connectivity index (χ4n) is 1.62. The maximum absolute atomic E-state index is 11.5. The minimum atomic E-state index is -0.501. The van der Waals surface area contributed by atoms with Crippen LogP contribution in [0.1, 0.15) is 18.1 Å². The van der Waals surface area contributed by atoms with Crippen LogP contribution < -0.4 is 5.32 Å². The Kier molecular flexibility index (Phi) is 4.70. The second kappa shape index (κ2) is 6.69. The predicted octanol–water partition coefficient (Wildman–Crippen LogP) is 0.860. The number of esters is 1. The number of rotatable bonds is 6. The molecule has 1 amide bonds. The molecule has 0 saturated carbocycles. The van der Waals surface area contributed by atoms with Crippen molar-refractivity contribution in [3.8, 4) is 11.5 Å². The van der Waals surface area contributed by atoms with Gasteiger partial charge in [0.15, 0.2) is 0 Å². The van der Waals surface area contributed by atoms with E-state index in [-0.39, 0.29) is 25.3 Å². The number of amides is 1. The second-order valence-electron chi connectivity index (χ2n) is 4.24. The quantitative estimate of drug-likeness (QED) is 0.787. The van der Waals surface area contributed by atoms with Gasteiger partial charge in [0.2, 0.25) is 11.8 Å². The van der Waals surface area contributed by atoms with E-state index >= 15 is 0 Å². The van der Waals surface area contributed by atoms with Gasteiger partial charge in [0, 0.05) is 12.8 Å². The van der Waals surface area contributed by atoms with Crippen LogP contribution in [0.25, 0.3) is 11.5 Å². The number of nitrogens with zero attached hydrogens (tertiary/aromatic N) is 2. The molecule has 0 radical (unpaired) electrons. The summed E-state index contributed by atoms with van der Waals surface area (Å²) in [7, 11) is 1.26. The Hall–Kier alpha value is -2.64. The molecule has 0 spiro atoms. The summed E-state index contributed by atoms with van der Waals surface area (Å²) in [5.41, 5.74) is 0.726. The van der Waals surface area contributed by atoms with Gasteiger partial charge < -0.3 is 18.9 Å². The lowest BCUT2D eigenvalue weighted by atomic mass is 10.2. The van der Waals surface area contributed by atoms with Gasteiger partial charge in [0.25, 0.3) is 5.89 Å². The molecular weight excluding hydrogens is 278 g/mol. The van der Waals surface area contributed by atoms with E-state index in [0.29, 0.717) is 17.5 Å². The van der Waals surface area contributed by atoms with Crippen molar-refractivity contribution in [2.75, 3.05) is 13.7 Å². The van der Waals surface area contributed by atoms with Gasteiger partial charge in [-0.05, 0) is 13.0 Å². The number of nitrogens with one attached hydrogen (secondary N) is 1. The Balaban J connectivity index is 1.85. The molecule has 8 nitrogen and oxygen atoms in total. The third-order valence-corrected chi connectivity index (χ3v) is 2.78. The van der Waals surface area contributed by atoms with Gasteiger partial charge in [0.1, 0.15) is 12.3 Å². The predicted molar refractivity (Wildman–Crippen MR) is 70.1 cm³/mol. The maximum atomic E-state index is 11.5. The summed E-state index contributed by atoms with van der Waals surface area (Å²) in [5, 5.41) is 10.2. The average molecular weight is 293 g/mol. The van der Waals surface area contributed by atoms with E-state index in [9.17, 15) is 9.59 Å². The highest BCUT2D eigenvalue weighted by molar-refractivity contribution is 5.81. The van der Waals surface area contributed by atoms with E-state index in [1.54, 1.807) is 13.0 Å². The molecule has 112 valence electrons. The van der Waals surface area contributed by atoms with Crippen LogP contribution in [0.5, 0.6) is 0 Å². The lowest BCUT2D eigenvalue weighted by Crippen LogP contribution is -2.30. The van der Waals surface area contributed by atoms with E-state index in [0.717, 1.165) is 5.56 Å². The van der Waals surface area contributed by atoms with Crippen molar-refractivity contribution in [3.05, 3.63) is 24.0 Å². The molecule has 0 aromatic carbocycles. The zero-order valence-electron chi connectivity index (χ0n) is 11.7. The number of hydrogen-bond acceptors (Lipinski definition) is 7. The SMILES string of the molecule is COC(=O)CNC(=O)CCc1nnc(-c2ccoc2C)o1. The molecule has 0 bridgehead atoms. The second-order valence-corrected chi connectivity index (χ2v) is 4.24. The Labute approximate surface area is 120 Å². The number of methoxy groups -OCH3 is 1. The van der Waals surface area contributed by atoms with Crippen LogP contribution in [-0.4, -0.2) is 35.7 Å². The molecule has 21 heavy (non-hydrogen) atoms. The van der Waals surface area contributed by atoms with Gasteiger partial charge in [-0.25, -0.2) is 0 Å². The summed E-state index contributed by atoms with van der Waals surface area (Å²) < 4.78 is 15.0. The van der Waals surface area contributed by atoms with Crippen molar-refractivity contribution in [3.63, 3.8) is 0 Å². The van der Waals surface area contributed by atoms with Crippen LogP contribution in [0.4, 0.5) is 0 Å². The third kappa shape index (κ3) is 3.91. The van der Waals surface area contributed by atoms with Gasteiger partial charge in [-0.3, -0.25) is 9.59 Å². The standard InChI is InChI=1S/C13H15N3O5/c1-8-9(5-6-20-8)13-16-15-11(21-13)4-3-10(17)14-7-12(18)19-2/h5-6H,3-4,7H2,1-2H3,(H,14,17). The van der Waals surface area contributed by atoms with E-state index in [2.05, 4.69) is 20.3 Å². The molecule has 2 aromatic rings. The van der Waals surface area contributed by atoms with E-state index < -0.39 is 5.97 Å². The first-order valence-corrected chi connectivity index (χ1v) is 6.30. The zero-order valence-corrected chi connectivity index (χ0v) is 11.7. The highest BCUT2D eigenvalue weighted by atomic mass is 16.5. The molecule has 0 aliphatic heterocycles. The minimum absolute atomic E-state index is 0.142. The minimum Gasteiger partial charge on any atom is -0.469 e. The highest BCUT2D eigenvalue weighted by Gasteiger charge is 2.14. The monoisotopic (exact) mass is 293 g/mol. The summed E-state index contributed by atoms with van der Waals surface area (Å²) in [6, 6.07) is 1.73. The molecule has 0 aliphatic carbocycles. The Bertz CT molecular complexity index is 631. The normalized spacial score (nSPS) is 10.4. The third-order valence-electron chi connectivity index (χ3n) is 2.78. The van der Waals surface area contributed by atoms with Crippen LogP contribution in [-0.2, 0) is 20.7 Å². The molecule has 1 N–H and O–H groups in total. The molecule has 0 aliphatic rings. The number of furan rings is 1. The van der Waals surface area contributed by atoms with Crippen molar-refractivity contribution in [2.24, 2.45) is 0 Å². The molecule has 8 heteroatoms. The first-order valence-electron chi connectivity index (χ1n) is 6.30. The lowest BCUT2D eigenvalue weighted by molar-refractivity contribution is -0.141. The first-order chi connectivity index (χ1) is 10.1. The average Bonchev–Trinajstić information content (AvgIpc) is 3.10. The Morgan fingerprint density at radius 3 is 2.86 bits per heavy atom. The summed E-state index contributed by atoms with van der Waals surface area (Å²) in [5.74, 6) is 0.588. The van der Waals surface area contributed by atoms with Crippen molar-refractivity contribution in [2.45, 2.75) is 19.8 Å². The van der Waals surface area contributed by atoms with Crippen LogP contribution in [0.15, 0.2) is 21.2 Å². The smallest absolute Gasteiger partial charge is 0.325 e. The number of ether oxygens (including phenoxy) is 1. The van der Waals surface area contributed by atoms with E-state index in [4.69, 9.17) is 8.83 Å². The number of hydrogen-bond donors (Lipinski definition) is 1. The molecule has 0 saturated heterocycles. The van der Waals surface area contributed by atoms with Gasteiger partial charge in [0.05, 0.1) is 18.9 Å². The van der Waals surface area contributed by atoms with E-state index in [1.807, 2.05) is 0 Å². The molecule has 2 aromatic heterocycles. The van der Waals surface area contributed by atoms with Gasteiger partial charge in [-0.15, -0.1) is 10.2 Å². The molecule has 2 heterocycles. The Morgan fingerprint density at radius 1 is 1.38 bits per heavy atom. The van der Waals surface area contributed by atoms with Crippen LogP contribution >= 0.6 is 0 Å². The van der Waals surface area contributed by atoms with Crippen molar-refractivity contribution in [1.82, 2.24) is 15.5 Å². The largest absolute Gasteiger partial charge is 0.469 e. The first kappa shape index (κ1) is 14.8. The van der Waals surface area contributed by atoms with Gasteiger partial charge in [-0.2, -0.15) is 0 Å². The van der Waals surface area contributed by atoms with Gasteiger partial charge >= 0.3 is 5.97 Å². The van der Waals surface area contributed by atoms with Crippen molar-refractivity contribution < 1.29 is 23.2 Å². The van der Waals surface area contributed by atoms with Crippen molar-refractivity contribution >= 4 is 11.9 Å². The number of carbonyl (C=O) groups excluding carboxylic acids is 2. The summed E-state index contributed by atoms with van der Waals surface area (Å²) in [4.78, 5) is 22.4. The molecular formula is C13H15N3O5. The molecule has 0 unspecified atom stereocenters. The Morgan fingerprint density at radius 2 is 2.19 bits per heavy atom.